The van der Waals surface area contributed by atoms with Crippen molar-refractivity contribution >= 4 is 28.6 Å². The van der Waals surface area contributed by atoms with Crippen LogP contribution in [0.3, 0.4) is 0 Å². The number of amides is 2. The number of nitrogens with one attached hydrogen (secondary N) is 3. The molecule has 2 aromatic carbocycles. The van der Waals surface area contributed by atoms with E-state index in [2.05, 4.69) is 15.6 Å². The van der Waals surface area contributed by atoms with E-state index >= 15 is 0 Å². The van der Waals surface area contributed by atoms with Crippen LogP contribution in [-0.2, 0) is 16.0 Å². The van der Waals surface area contributed by atoms with Crippen LogP contribution in [-0.4, -0.2) is 30.1 Å². The first-order valence-electron chi connectivity index (χ1n) is 7.93. The summed E-state index contributed by atoms with van der Waals surface area (Å²) >= 11 is 0. The third-order valence-corrected chi connectivity index (χ3v) is 3.92. The Morgan fingerprint density at radius 1 is 1.08 bits per heavy atom. The van der Waals surface area contributed by atoms with Gasteiger partial charge in [0.1, 0.15) is 6.04 Å². The van der Waals surface area contributed by atoms with Crippen molar-refractivity contribution in [3.63, 3.8) is 0 Å². The number of aromatic nitrogens is 1. The molecular weight excluding hydrogens is 318 g/mol. The number of ether oxygens (including phenoxy) is 1. The molecule has 0 saturated carbocycles. The Kier molecular flexibility index (Phi) is 4.99. The molecule has 2 amide bonds. The highest BCUT2D eigenvalue weighted by atomic mass is 16.5. The molecule has 0 aliphatic heterocycles. The molecule has 0 bridgehead atoms. The molecule has 1 heterocycles. The maximum absolute atomic E-state index is 12.2. The summed E-state index contributed by atoms with van der Waals surface area (Å²) in [6.07, 6.45) is 2.18. The summed E-state index contributed by atoms with van der Waals surface area (Å²) < 4.78 is 4.83. The lowest BCUT2D eigenvalue weighted by atomic mass is 10.1. The number of fused-ring (bicyclic) bond motifs is 1. The number of carbonyl (C=O) groups excluding carboxylic acids is 2. The Balaban J connectivity index is 1.73. The standard InChI is InChI=1S/C19H19N3O3/c1-25-18(23)17(22-19(24)21-14-7-3-2-4-8-14)11-13-12-20-16-10-6-5-9-15(13)16/h2-10,12,17,20H,11H2,1H3,(H2,21,22,24). The number of para-hydroxylation sites is 2. The molecule has 0 radical (unpaired) electrons. The van der Waals surface area contributed by atoms with E-state index in [1.165, 1.54) is 7.11 Å². The highest BCUT2D eigenvalue weighted by molar-refractivity contribution is 5.93. The van der Waals surface area contributed by atoms with Crippen LogP contribution in [0.4, 0.5) is 10.5 Å². The first-order valence-corrected chi connectivity index (χ1v) is 7.93. The summed E-state index contributed by atoms with van der Waals surface area (Å²) in [7, 11) is 1.31. The van der Waals surface area contributed by atoms with Crippen LogP contribution in [0.1, 0.15) is 5.56 Å². The molecule has 0 aliphatic rings. The van der Waals surface area contributed by atoms with Crippen LogP contribution in [0.15, 0.2) is 60.8 Å². The van der Waals surface area contributed by atoms with E-state index in [0.717, 1.165) is 16.5 Å². The number of H-pyrrole nitrogens is 1. The van der Waals surface area contributed by atoms with Crippen LogP contribution >= 0.6 is 0 Å². The summed E-state index contributed by atoms with van der Waals surface area (Å²) in [6, 6.07) is 15.6. The van der Waals surface area contributed by atoms with Crippen molar-refractivity contribution in [2.45, 2.75) is 12.5 Å². The molecule has 0 aliphatic carbocycles. The van der Waals surface area contributed by atoms with Gasteiger partial charge in [-0.3, -0.25) is 0 Å². The van der Waals surface area contributed by atoms with Gasteiger partial charge in [0, 0.05) is 29.2 Å². The van der Waals surface area contributed by atoms with Crippen LogP contribution in [0.2, 0.25) is 0 Å². The van der Waals surface area contributed by atoms with Gasteiger partial charge in [-0.05, 0) is 23.8 Å². The average Bonchev–Trinajstić information content (AvgIpc) is 3.04. The van der Waals surface area contributed by atoms with Gasteiger partial charge in [0.15, 0.2) is 0 Å². The number of urea groups is 1. The van der Waals surface area contributed by atoms with Crippen LogP contribution in [0.25, 0.3) is 10.9 Å². The Bertz CT molecular complexity index is 874. The van der Waals surface area contributed by atoms with Crippen molar-refractivity contribution in [2.24, 2.45) is 0 Å². The summed E-state index contributed by atoms with van der Waals surface area (Å²) in [5.41, 5.74) is 2.57. The Labute approximate surface area is 145 Å². The van der Waals surface area contributed by atoms with Gasteiger partial charge >= 0.3 is 12.0 Å². The molecule has 0 spiro atoms. The average molecular weight is 337 g/mol. The van der Waals surface area contributed by atoms with Gasteiger partial charge in [0.25, 0.3) is 0 Å². The SMILES string of the molecule is COC(=O)C(Cc1c[nH]c2ccccc12)NC(=O)Nc1ccccc1. The van der Waals surface area contributed by atoms with E-state index in [9.17, 15) is 9.59 Å². The minimum Gasteiger partial charge on any atom is -0.467 e. The highest BCUT2D eigenvalue weighted by Crippen LogP contribution is 2.19. The van der Waals surface area contributed by atoms with Gasteiger partial charge < -0.3 is 20.4 Å². The fraction of sp³-hybridized carbons (Fsp3) is 0.158. The fourth-order valence-electron chi connectivity index (χ4n) is 2.70. The van der Waals surface area contributed by atoms with Gasteiger partial charge in [0.05, 0.1) is 7.11 Å². The van der Waals surface area contributed by atoms with Crippen molar-refractivity contribution in [2.75, 3.05) is 12.4 Å². The number of esters is 1. The monoisotopic (exact) mass is 337 g/mol. The number of methoxy groups -OCH3 is 1. The zero-order valence-corrected chi connectivity index (χ0v) is 13.8. The van der Waals surface area contributed by atoms with E-state index in [1.54, 1.807) is 12.1 Å². The minimum atomic E-state index is -0.784. The number of benzene rings is 2. The normalized spacial score (nSPS) is 11.7. The van der Waals surface area contributed by atoms with Crippen molar-refractivity contribution in [1.29, 1.82) is 0 Å². The van der Waals surface area contributed by atoms with E-state index in [0.29, 0.717) is 12.1 Å². The molecule has 6 nitrogen and oxygen atoms in total. The minimum absolute atomic E-state index is 0.332. The second-order valence-corrected chi connectivity index (χ2v) is 5.60. The molecule has 1 atom stereocenters. The van der Waals surface area contributed by atoms with Gasteiger partial charge in [-0.15, -0.1) is 0 Å². The zero-order valence-electron chi connectivity index (χ0n) is 13.8. The molecule has 128 valence electrons. The Hall–Kier alpha value is -3.28. The van der Waals surface area contributed by atoms with E-state index < -0.39 is 18.0 Å². The van der Waals surface area contributed by atoms with E-state index in [4.69, 9.17) is 4.74 Å². The second-order valence-electron chi connectivity index (χ2n) is 5.60. The first-order chi connectivity index (χ1) is 12.2. The lowest BCUT2D eigenvalue weighted by Gasteiger charge is -2.17. The van der Waals surface area contributed by atoms with Crippen molar-refractivity contribution in [3.8, 4) is 0 Å². The van der Waals surface area contributed by atoms with Crippen LogP contribution in [0.5, 0.6) is 0 Å². The topological polar surface area (TPSA) is 83.2 Å². The number of hydrogen-bond donors (Lipinski definition) is 3. The second kappa shape index (κ2) is 7.53. The maximum atomic E-state index is 12.2. The molecule has 25 heavy (non-hydrogen) atoms. The molecule has 6 heteroatoms. The van der Waals surface area contributed by atoms with Crippen molar-refractivity contribution in [3.05, 3.63) is 66.4 Å². The maximum Gasteiger partial charge on any atom is 0.328 e. The van der Waals surface area contributed by atoms with E-state index in [-0.39, 0.29) is 0 Å². The third kappa shape index (κ3) is 3.98. The van der Waals surface area contributed by atoms with Crippen molar-refractivity contribution in [1.82, 2.24) is 10.3 Å². The molecule has 3 rings (SSSR count). The number of anilines is 1. The van der Waals surface area contributed by atoms with Gasteiger partial charge in [-0.1, -0.05) is 36.4 Å². The summed E-state index contributed by atoms with van der Waals surface area (Å²) in [4.78, 5) is 27.4. The third-order valence-electron chi connectivity index (χ3n) is 3.92. The predicted molar refractivity (Wildman–Crippen MR) is 96.4 cm³/mol. The van der Waals surface area contributed by atoms with E-state index in [1.807, 2.05) is 48.7 Å². The van der Waals surface area contributed by atoms with Gasteiger partial charge in [-0.25, -0.2) is 9.59 Å². The molecule has 3 N–H and O–H groups in total. The van der Waals surface area contributed by atoms with Gasteiger partial charge in [-0.2, -0.15) is 0 Å². The number of rotatable bonds is 5. The molecule has 1 aromatic heterocycles. The lowest BCUT2D eigenvalue weighted by molar-refractivity contribution is -0.142. The Morgan fingerprint density at radius 2 is 1.80 bits per heavy atom. The quantitative estimate of drug-likeness (QED) is 0.626. The smallest absolute Gasteiger partial charge is 0.328 e. The number of hydrogen-bond acceptors (Lipinski definition) is 3. The lowest BCUT2D eigenvalue weighted by Crippen LogP contribution is -2.45. The summed E-state index contributed by atoms with van der Waals surface area (Å²) in [5.74, 6) is -0.492. The molecule has 1 unspecified atom stereocenters. The van der Waals surface area contributed by atoms with Gasteiger partial charge in [0.2, 0.25) is 0 Å². The van der Waals surface area contributed by atoms with Crippen LogP contribution < -0.4 is 10.6 Å². The predicted octanol–water partition coefficient (Wildman–Crippen LogP) is 3.07. The van der Waals surface area contributed by atoms with Crippen molar-refractivity contribution < 1.29 is 14.3 Å². The molecule has 0 saturated heterocycles. The number of aromatic amines is 1. The molecular formula is C19H19N3O3. The molecule has 0 fully saturated rings. The molecule has 3 aromatic rings. The first kappa shape index (κ1) is 16.6. The Morgan fingerprint density at radius 3 is 2.56 bits per heavy atom. The van der Waals surface area contributed by atoms with Crippen LogP contribution in [0, 0.1) is 0 Å². The largest absolute Gasteiger partial charge is 0.467 e. The number of carbonyl (C=O) groups is 2. The summed E-state index contributed by atoms with van der Waals surface area (Å²) in [5, 5.41) is 6.40. The fourth-order valence-corrected chi connectivity index (χ4v) is 2.70. The highest BCUT2D eigenvalue weighted by Gasteiger charge is 2.23. The zero-order chi connectivity index (χ0) is 17.6. The summed E-state index contributed by atoms with van der Waals surface area (Å²) in [6.45, 7) is 0.